The highest BCUT2D eigenvalue weighted by Gasteiger charge is 2.24. The van der Waals surface area contributed by atoms with Gasteiger partial charge >= 0.3 is 11.9 Å². The molecule has 144 valence electrons. The van der Waals surface area contributed by atoms with Gasteiger partial charge in [-0.05, 0) is 45.4 Å². The highest BCUT2D eigenvalue weighted by atomic mass is 19.1. The van der Waals surface area contributed by atoms with E-state index in [0.717, 1.165) is 0 Å². The van der Waals surface area contributed by atoms with Crippen LogP contribution in [-0.4, -0.2) is 35.5 Å². The first kappa shape index (κ1) is 20.2. The Morgan fingerprint density at radius 1 is 1.15 bits per heavy atom. The molecule has 2 aromatic rings. The lowest BCUT2D eigenvalue weighted by Gasteiger charge is -2.08. The van der Waals surface area contributed by atoms with Crippen LogP contribution in [0.4, 0.5) is 10.1 Å². The van der Waals surface area contributed by atoms with Crippen molar-refractivity contribution >= 4 is 23.5 Å². The van der Waals surface area contributed by atoms with Gasteiger partial charge in [0.15, 0.2) is 6.61 Å². The topological polar surface area (TPSA) is 97.5 Å². The van der Waals surface area contributed by atoms with Gasteiger partial charge in [-0.2, -0.15) is 0 Å². The van der Waals surface area contributed by atoms with E-state index in [1.54, 1.807) is 33.8 Å². The molecule has 1 aromatic heterocycles. The second-order valence-corrected chi connectivity index (χ2v) is 6.18. The molecule has 8 heteroatoms. The molecule has 1 aromatic carbocycles. The molecule has 7 nitrogen and oxygen atoms in total. The minimum atomic E-state index is -0.803. The van der Waals surface area contributed by atoms with Gasteiger partial charge in [-0.3, -0.25) is 4.79 Å². The molecule has 0 aliphatic carbocycles. The zero-order valence-electron chi connectivity index (χ0n) is 15.5. The Morgan fingerprint density at radius 2 is 1.81 bits per heavy atom. The number of anilines is 1. The van der Waals surface area contributed by atoms with E-state index in [1.165, 1.54) is 18.2 Å². The van der Waals surface area contributed by atoms with Gasteiger partial charge in [0.05, 0.1) is 17.4 Å². The fourth-order valence-electron chi connectivity index (χ4n) is 2.49. The van der Waals surface area contributed by atoms with Gasteiger partial charge in [0.2, 0.25) is 0 Å². The summed E-state index contributed by atoms with van der Waals surface area (Å²) in [4.78, 5) is 39.0. The van der Waals surface area contributed by atoms with Gasteiger partial charge in [0, 0.05) is 5.69 Å². The number of aromatic nitrogens is 1. The average molecular weight is 376 g/mol. The van der Waals surface area contributed by atoms with Gasteiger partial charge in [-0.15, -0.1) is 0 Å². The van der Waals surface area contributed by atoms with Crippen molar-refractivity contribution < 1.29 is 28.2 Å². The predicted octanol–water partition coefficient (Wildman–Crippen LogP) is 3.13. The zero-order chi connectivity index (χ0) is 20.1. The van der Waals surface area contributed by atoms with E-state index in [2.05, 4.69) is 10.3 Å². The number of aryl methyl sites for hydroxylation is 1. The third kappa shape index (κ3) is 4.93. The Balaban J connectivity index is 2.03. The van der Waals surface area contributed by atoms with E-state index >= 15 is 0 Å². The fourth-order valence-corrected chi connectivity index (χ4v) is 2.49. The number of hydrogen-bond acceptors (Lipinski definition) is 5. The van der Waals surface area contributed by atoms with Crippen molar-refractivity contribution in [2.24, 2.45) is 0 Å². The van der Waals surface area contributed by atoms with E-state index in [-0.39, 0.29) is 23.0 Å². The van der Waals surface area contributed by atoms with Gasteiger partial charge in [0.25, 0.3) is 5.91 Å². The molecule has 0 saturated carbocycles. The van der Waals surface area contributed by atoms with Crippen LogP contribution in [0.2, 0.25) is 0 Å². The van der Waals surface area contributed by atoms with Crippen molar-refractivity contribution in [2.75, 3.05) is 11.9 Å². The second-order valence-electron chi connectivity index (χ2n) is 6.18. The number of benzene rings is 1. The smallest absolute Gasteiger partial charge is 0.355 e. The number of hydrogen-bond donors (Lipinski definition) is 2. The van der Waals surface area contributed by atoms with Crippen molar-refractivity contribution in [3.05, 3.63) is 52.6 Å². The Labute approximate surface area is 155 Å². The summed E-state index contributed by atoms with van der Waals surface area (Å²) in [5.41, 5.74) is 1.14. The Bertz CT molecular complexity index is 873. The molecule has 2 N–H and O–H groups in total. The highest BCUT2D eigenvalue weighted by Crippen LogP contribution is 2.20. The van der Waals surface area contributed by atoms with Gasteiger partial charge in [-0.25, -0.2) is 14.0 Å². The molecular weight excluding hydrogens is 355 g/mol. The molecule has 0 spiro atoms. The number of H-pyrrole nitrogens is 1. The molecule has 0 aliphatic rings. The van der Waals surface area contributed by atoms with Crippen LogP contribution >= 0.6 is 0 Å². The van der Waals surface area contributed by atoms with Crippen LogP contribution in [0.5, 0.6) is 0 Å². The van der Waals surface area contributed by atoms with Crippen LogP contribution in [-0.2, 0) is 14.3 Å². The maximum atomic E-state index is 13.5. The lowest BCUT2D eigenvalue weighted by molar-refractivity contribution is -0.119. The minimum absolute atomic E-state index is 0.0100. The molecule has 1 amide bonds. The lowest BCUT2D eigenvalue weighted by Crippen LogP contribution is -2.22. The molecule has 2 rings (SSSR count). The number of amides is 1. The fraction of sp³-hybridized carbons (Fsp3) is 0.316. The molecule has 27 heavy (non-hydrogen) atoms. The molecular formula is C19H21FN2O5. The summed E-state index contributed by atoms with van der Waals surface area (Å²) in [6, 6.07) is 5.64. The number of esters is 2. The Hall–Kier alpha value is -3.16. The van der Waals surface area contributed by atoms with E-state index < -0.39 is 30.3 Å². The Kier molecular flexibility index (Phi) is 6.33. The van der Waals surface area contributed by atoms with Gasteiger partial charge in [-0.1, -0.05) is 12.1 Å². The number of para-hydroxylation sites is 1. The van der Waals surface area contributed by atoms with Crippen LogP contribution in [0, 0.1) is 19.7 Å². The first-order valence-corrected chi connectivity index (χ1v) is 8.32. The number of ether oxygens (including phenoxy) is 2. The summed E-state index contributed by atoms with van der Waals surface area (Å²) in [6.45, 7) is 6.05. The second kappa shape index (κ2) is 8.48. The summed E-state index contributed by atoms with van der Waals surface area (Å²) in [6.07, 6.45) is -0.302. The van der Waals surface area contributed by atoms with E-state index in [0.29, 0.717) is 11.3 Å². The predicted molar refractivity (Wildman–Crippen MR) is 96.1 cm³/mol. The molecule has 0 unspecified atom stereocenters. The summed E-state index contributed by atoms with van der Waals surface area (Å²) >= 11 is 0. The van der Waals surface area contributed by atoms with Gasteiger partial charge in [0.1, 0.15) is 11.5 Å². The number of carbonyl (C=O) groups excluding carboxylic acids is 3. The summed E-state index contributed by atoms with van der Waals surface area (Å²) in [7, 11) is 0. The SMILES string of the molecule is Cc1[nH]c(C(=O)OCC(=O)Nc2ccccc2F)c(C)c1C(=O)OC(C)C. The third-order valence-electron chi connectivity index (χ3n) is 3.67. The van der Waals surface area contributed by atoms with Crippen LogP contribution in [0.25, 0.3) is 0 Å². The summed E-state index contributed by atoms with van der Waals surface area (Å²) in [5.74, 6) is -2.63. The third-order valence-corrected chi connectivity index (χ3v) is 3.67. The zero-order valence-corrected chi connectivity index (χ0v) is 15.5. The molecule has 1 heterocycles. The van der Waals surface area contributed by atoms with E-state index in [4.69, 9.17) is 9.47 Å². The number of nitrogens with one attached hydrogen (secondary N) is 2. The molecule has 0 saturated heterocycles. The van der Waals surface area contributed by atoms with Gasteiger partial charge < -0.3 is 19.8 Å². The molecule has 0 radical (unpaired) electrons. The maximum Gasteiger partial charge on any atom is 0.355 e. The van der Waals surface area contributed by atoms with Crippen LogP contribution in [0.3, 0.4) is 0 Å². The van der Waals surface area contributed by atoms with Crippen molar-refractivity contribution in [2.45, 2.75) is 33.8 Å². The van der Waals surface area contributed by atoms with Crippen molar-refractivity contribution in [1.29, 1.82) is 0 Å². The maximum absolute atomic E-state index is 13.5. The van der Waals surface area contributed by atoms with Crippen molar-refractivity contribution in [1.82, 2.24) is 4.98 Å². The first-order chi connectivity index (χ1) is 12.7. The summed E-state index contributed by atoms with van der Waals surface area (Å²) < 4.78 is 23.6. The van der Waals surface area contributed by atoms with E-state index in [9.17, 15) is 18.8 Å². The highest BCUT2D eigenvalue weighted by molar-refractivity contribution is 5.99. The monoisotopic (exact) mass is 376 g/mol. The number of rotatable bonds is 6. The normalized spacial score (nSPS) is 10.6. The van der Waals surface area contributed by atoms with Crippen LogP contribution in [0.15, 0.2) is 24.3 Å². The summed E-state index contributed by atoms with van der Waals surface area (Å²) in [5, 5.41) is 2.31. The number of halogens is 1. The standard InChI is InChI=1S/C19H21FN2O5/c1-10(2)27-18(24)16-11(3)17(21-12(16)4)19(25)26-9-15(23)22-14-8-6-5-7-13(14)20/h5-8,10,21H,9H2,1-4H3,(H,22,23). The molecule has 0 fully saturated rings. The molecule has 0 atom stereocenters. The van der Waals surface area contributed by atoms with Crippen LogP contribution in [0.1, 0.15) is 46.0 Å². The number of aromatic amines is 1. The molecule has 0 aliphatic heterocycles. The molecule has 0 bridgehead atoms. The van der Waals surface area contributed by atoms with Crippen molar-refractivity contribution in [3.8, 4) is 0 Å². The van der Waals surface area contributed by atoms with Crippen LogP contribution < -0.4 is 5.32 Å². The average Bonchev–Trinajstić information content (AvgIpc) is 2.89. The largest absolute Gasteiger partial charge is 0.459 e. The first-order valence-electron chi connectivity index (χ1n) is 8.32. The lowest BCUT2D eigenvalue weighted by atomic mass is 10.1. The minimum Gasteiger partial charge on any atom is -0.459 e. The number of carbonyl (C=O) groups is 3. The van der Waals surface area contributed by atoms with Crippen molar-refractivity contribution in [3.63, 3.8) is 0 Å². The Morgan fingerprint density at radius 3 is 2.44 bits per heavy atom. The quantitative estimate of drug-likeness (QED) is 0.755. The van der Waals surface area contributed by atoms with E-state index in [1.807, 2.05) is 0 Å².